The smallest absolute Gasteiger partial charge is 0 e. The monoisotopic (exact) mass is 361 g/mol. The van der Waals surface area contributed by atoms with Crippen LogP contribution in [0.15, 0.2) is 16.7 Å². The maximum Gasteiger partial charge on any atom is 0 e. The molecule has 0 aliphatic heterocycles. The summed E-state index contributed by atoms with van der Waals surface area (Å²) in [4.78, 5) is 0. The van der Waals surface area contributed by atoms with E-state index < -0.39 is 0 Å². The molecule has 1 aliphatic carbocycles. The van der Waals surface area contributed by atoms with Gasteiger partial charge in [0.2, 0.25) is 0 Å². The second-order valence-electron chi connectivity index (χ2n) is 4.41. The van der Waals surface area contributed by atoms with Crippen molar-refractivity contribution in [2.45, 2.75) is 66.7 Å². The Hall–Kier alpha value is 1.06. The van der Waals surface area contributed by atoms with E-state index in [9.17, 15) is 0 Å². The molecule has 0 unspecified atom stereocenters. The Morgan fingerprint density at radius 3 is 1.53 bits per heavy atom. The molecule has 0 amide bonds. The van der Waals surface area contributed by atoms with Gasteiger partial charge in [-0.15, -0.1) is 37.2 Å². The Kier molecular flexibility index (Phi) is 19.0. The van der Waals surface area contributed by atoms with Crippen LogP contribution in [0.3, 0.4) is 0 Å². The van der Waals surface area contributed by atoms with Crippen LogP contribution in [0.2, 0.25) is 0 Å². The minimum atomic E-state index is 0. The zero-order valence-electron chi connectivity index (χ0n) is 12.8. The van der Waals surface area contributed by atoms with Gasteiger partial charge >= 0.3 is 0 Å². The Morgan fingerprint density at radius 1 is 0.789 bits per heavy atom. The summed E-state index contributed by atoms with van der Waals surface area (Å²) in [5.41, 5.74) is 5.07. The van der Waals surface area contributed by atoms with E-state index in [0.717, 1.165) is 6.42 Å². The average Bonchev–Trinajstić information content (AvgIpc) is 2.62. The first-order valence-electron chi connectivity index (χ1n) is 6.55. The molecule has 4 heteroatoms. The molecule has 0 fully saturated rings. The molecule has 0 spiro atoms. The maximum atomic E-state index is 3.80. The second-order valence-corrected chi connectivity index (χ2v) is 4.41. The molecule has 1 aliphatic rings. The zero-order valence-corrected chi connectivity index (χ0v) is 16.8. The van der Waals surface area contributed by atoms with Gasteiger partial charge in [-0.05, 0) is 0 Å². The third-order valence-electron chi connectivity index (χ3n) is 3.96. The summed E-state index contributed by atoms with van der Waals surface area (Å²) >= 11 is 0. The molecule has 0 radical (unpaired) electrons. The second kappa shape index (κ2) is 12.8. The first-order chi connectivity index (χ1) is 7.18. The van der Waals surface area contributed by atoms with E-state index >= 15 is 0 Å². The SMILES string of the molecule is CCC1=[C-]C(CC)(CC)C(CC)=C1CC.Cl.Cl.Cl.[Ti]. The van der Waals surface area contributed by atoms with Crippen LogP contribution < -0.4 is 0 Å². The molecule has 0 atom stereocenters. The number of allylic oxidation sites excluding steroid dienone is 4. The molecule has 0 bridgehead atoms. The minimum absolute atomic E-state index is 0. The van der Waals surface area contributed by atoms with Gasteiger partial charge in [-0.25, -0.2) is 5.57 Å². The number of hydrogen-bond donors (Lipinski definition) is 0. The van der Waals surface area contributed by atoms with E-state index in [-0.39, 0.29) is 64.4 Å². The first kappa shape index (κ1) is 28.3. The van der Waals surface area contributed by atoms with Crippen molar-refractivity contribution < 1.29 is 21.7 Å². The van der Waals surface area contributed by atoms with Gasteiger partial charge in [0.05, 0.1) is 0 Å². The van der Waals surface area contributed by atoms with E-state index in [1.807, 2.05) is 0 Å². The van der Waals surface area contributed by atoms with Gasteiger partial charge < -0.3 is 0 Å². The van der Waals surface area contributed by atoms with E-state index in [1.54, 1.807) is 11.1 Å². The molecule has 0 N–H and O–H groups in total. The third kappa shape index (κ3) is 5.40. The normalized spacial score (nSPS) is 15.5. The summed E-state index contributed by atoms with van der Waals surface area (Å²) < 4.78 is 0. The van der Waals surface area contributed by atoms with E-state index in [1.165, 1.54) is 31.3 Å². The Balaban J connectivity index is -0.000000281. The topological polar surface area (TPSA) is 0 Å². The first-order valence-corrected chi connectivity index (χ1v) is 6.55. The van der Waals surface area contributed by atoms with Gasteiger partial charge in [0.15, 0.2) is 0 Å². The van der Waals surface area contributed by atoms with Crippen molar-refractivity contribution in [2.24, 2.45) is 5.41 Å². The van der Waals surface area contributed by atoms with Crippen molar-refractivity contribution in [3.05, 3.63) is 22.8 Å². The number of halogens is 3. The average molecular weight is 363 g/mol. The Labute approximate surface area is 153 Å². The molecule has 1 rings (SSSR count). The molecule has 0 nitrogen and oxygen atoms in total. The molecule has 0 saturated carbocycles. The molecule has 19 heavy (non-hydrogen) atoms. The molecular formula is C15H28Cl3Ti-. The molecule has 0 aromatic heterocycles. The van der Waals surface area contributed by atoms with E-state index in [2.05, 4.69) is 40.7 Å². The molecule has 0 heterocycles. The van der Waals surface area contributed by atoms with Gasteiger partial charge in [-0.3, -0.25) is 6.08 Å². The quantitative estimate of drug-likeness (QED) is 0.396. The predicted octanol–water partition coefficient (Wildman–Crippen LogP) is 6.33. The van der Waals surface area contributed by atoms with Crippen molar-refractivity contribution in [3.63, 3.8) is 0 Å². The van der Waals surface area contributed by atoms with E-state index in [4.69, 9.17) is 0 Å². The molecule has 0 aromatic rings. The summed E-state index contributed by atoms with van der Waals surface area (Å²) in [5, 5.41) is 0. The fourth-order valence-corrected chi connectivity index (χ4v) is 3.04. The summed E-state index contributed by atoms with van der Waals surface area (Å²) in [6, 6.07) is 0. The van der Waals surface area contributed by atoms with E-state index in [0.29, 0.717) is 0 Å². The summed E-state index contributed by atoms with van der Waals surface area (Å²) in [7, 11) is 0. The van der Waals surface area contributed by atoms with Crippen molar-refractivity contribution in [3.8, 4) is 0 Å². The molecule has 0 aromatic carbocycles. The van der Waals surface area contributed by atoms with Crippen LogP contribution in [0.4, 0.5) is 0 Å². The van der Waals surface area contributed by atoms with Crippen LogP contribution >= 0.6 is 37.2 Å². The van der Waals surface area contributed by atoms with Crippen LogP contribution in [0.25, 0.3) is 0 Å². The third-order valence-corrected chi connectivity index (χ3v) is 3.96. The van der Waals surface area contributed by atoms with Gasteiger partial charge in [0, 0.05) is 21.7 Å². The van der Waals surface area contributed by atoms with Crippen molar-refractivity contribution in [1.82, 2.24) is 0 Å². The van der Waals surface area contributed by atoms with Crippen molar-refractivity contribution in [2.75, 3.05) is 0 Å². The summed E-state index contributed by atoms with van der Waals surface area (Å²) in [6.07, 6.45) is 9.74. The van der Waals surface area contributed by atoms with Gasteiger partial charge in [0.25, 0.3) is 0 Å². The Morgan fingerprint density at radius 2 is 1.26 bits per heavy atom. The van der Waals surface area contributed by atoms with Gasteiger partial charge in [-0.2, -0.15) is 11.1 Å². The molecule has 0 saturated heterocycles. The predicted molar refractivity (Wildman–Crippen MR) is 89.4 cm³/mol. The Bertz CT molecular complexity index is 292. The fraction of sp³-hybridized carbons (Fsp3) is 0.733. The largest absolute Gasteiger partial charge is 0.262 e. The van der Waals surface area contributed by atoms with Crippen molar-refractivity contribution >= 4 is 37.2 Å². The van der Waals surface area contributed by atoms with Gasteiger partial charge in [-0.1, -0.05) is 72.1 Å². The van der Waals surface area contributed by atoms with Crippen LogP contribution in [0, 0.1) is 11.5 Å². The fourth-order valence-electron chi connectivity index (χ4n) is 3.04. The molecular weight excluding hydrogens is 334 g/mol. The maximum absolute atomic E-state index is 3.80. The van der Waals surface area contributed by atoms with Crippen LogP contribution in [0.1, 0.15) is 66.7 Å². The number of rotatable bonds is 5. The minimum Gasteiger partial charge on any atom is -0.262 e. The standard InChI is InChI=1S/C15H25.3ClH.Ti/c1-6-12-11-15(9-4,10-5)14(8-3)13(12)7-2;;;;/h6-10H2,1-5H3;3*1H;/q-1;;;;. The van der Waals surface area contributed by atoms with Gasteiger partial charge in [0.1, 0.15) is 0 Å². The van der Waals surface area contributed by atoms with Crippen molar-refractivity contribution in [1.29, 1.82) is 0 Å². The number of hydrogen-bond acceptors (Lipinski definition) is 0. The van der Waals surface area contributed by atoms with Crippen LogP contribution in [-0.4, -0.2) is 0 Å². The molecule has 114 valence electrons. The van der Waals surface area contributed by atoms with Crippen LogP contribution in [0.5, 0.6) is 0 Å². The zero-order chi connectivity index (χ0) is 11.5. The summed E-state index contributed by atoms with van der Waals surface area (Å²) in [5.74, 6) is 0. The van der Waals surface area contributed by atoms with Crippen LogP contribution in [-0.2, 0) is 21.7 Å². The summed E-state index contributed by atoms with van der Waals surface area (Å²) in [6.45, 7) is 11.4.